The molecule has 3 nitrogen and oxygen atoms in total. The fraction of sp³-hybridized carbons (Fsp3) is 0.533. The van der Waals surface area contributed by atoms with Crippen molar-refractivity contribution in [2.45, 2.75) is 39.0 Å². The molecule has 3 heteroatoms. The van der Waals surface area contributed by atoms with Crippen LogP contribution in [0.25, 0.3) is 0 Å². The second kappa shape index (κ2) is 8.56. The minimum Gasteiger partial charge on any atom is -0.497 e. The van der Waals surface area contributed by atoms with Gasteiger partial charge in [0, 0.05) is 12.1 Å². The van der Waals surface area contributed by atoms with Crippen LogP contribution in [0.15, 0.2) is 29.3 Å². The fourth-order valence-corrected chi connectivity index (χ4v) is 1.77. The monoisotopic (exact) mass is 248 g/mol. The number of hydrogen-bond donors (Lipinski definition) is 1. The Morgan fingerprint density at radius 3 is 2.39 bits per heavy atom. The first-order chi connectivity index (χ1) is 8.77. The second-order valence-corrected chi connectivity index (χ2v) is 4.41. The number of nitrogens with two attached hydrogens (primary N) is 1. The van der Waals surface area contributed by atoms with Gasteiger partial charge in [0.15, 0.2) is 0 Å². The van der Waals surface area contributed by atoms with Crippen LogP contribution in [0.5, 0.6) is 5.75 Å². The van der Waals surface area contributed by atoms with Crippen molar-refractivity contribution in [3.8, 4) is 5.75 Å². The Morgan fingerprint density at radius 1 is 1.11 bits per heavy atom. The van der Waals surface area contributed by atoms with E-state index in [1.165, 1.54) is 25.7 Å². The molecule has 0 unspecified atom stereocenters. The largest absolute Gasteiger partial charge is 0.497 e. The van der Waals surface area contributed by atoms with Crippen molar-refractivity contribution in [3.63, 3.8) is 0 Å². The van der Waals surface area contributed by atoms with Crippen LogP contribution >= 0.6 is 0 Å². The van der Waals surface area contributed by atoms with Crippen LogP contribution in [0, 0.1) is 0 Å². The number of nitrogens with zero attached hydrogens (tertiary/aromatic N) is 1. The van der Waals surface area contributed by atoms with Gasteiger partial charge in [-0.15, -0.1) is 0 Å². The van der Waals surface area contributed by atoms with Crippen LogP contribution in [0.1, 0.15) is 44.6 Å². The molecule has 100 valence electrons. The molecular formula is C15H24N2O. The number of unbranched alkanes of at least 4 members (excludes halogenated alkanes) is 4. The van der Waals surface area contributed by atoms with Crippen LogP contribution in [-0.2, 0) is 0 Å². The quantitative estimate of drug-likeness (QED) is 0.435. The van der Waals surface area contributed by atoms with E-state index in [-0.39, 0.29) is 0 Å². The first kappa shape index (κ1) is 14.6. The molecule has 0 atom stereocenters. The Labute approximate surface area is 110 Å². The molecule has 0 aliphatic carbocycles. The van der Waals surface area contributed by atoms with Crippen LogP contribution < -0.4 is 10.5 Å². The van der Waals surface area contributed by atoms with Crippen LogP contribution in [0.3, 0.4) is 0 Å². The van der Waals surface area contributed by atoms with Gasteiger partial charge in [-0.05, 0) is 30.7 Å². The summed E-state index contributed by atoms with van der Waals surface area (Å²) in [6, 6.07) is 7.68. The van der Waals surface area contributed by atoms with Crippen molar-refractivity contribution < 1.29 is 4.74 Å². The predicted molar refractivity (Wildman–Crippen MR) is 77.3 cm³/mol. The summed E-state index contributed by atoms with van der Waals surface area (Å²) in [5.41, 5.74) is 6.90. The van der Waals surface area contributed by atoms with E-state index in [9.17, 15) is 0 Å². The minimum atomic E-state index is 0.619. The van der Waals surface area contributed by atoms with Crippen molar-refractivity contribution in [1.29, 1.82) is 0 Å². The first-order valence-electron chi connectivity index (χ1n) is 6.72. The number of amidine groups is 1. The number of aliphatic imine (C=N–C) groups is 1. The molecule has 0 saturated carbocycles. The van der Waals surface area contributed by atoms with Crippen molar-refractivity contribution in [2.75, 3.05) is 13.7 Å². The average Bonchev–Trinajstić information content (AvgIpc) is 2.42. The Kier molecular flexibility index (Phi) is 6.92. The highest BCUT2D eigenvalue weighted by molar-refractivity contribution is 5.97. The molecule has 2 N–H and O–H groups in total. The van der Waals surface area contributed by atoms with E-state index in [4.69, 9.17) is 10.5 Å². The first-order valence-corrected chi connectivity index (χ1v) is 6.72. The minimum absolute atomic E-state index is 0.619. The van der Waals surface area contributed by atoms with E-state index in [1.54, 1.807) is 7.11 Å². The highest BCUT2D eigenvalue weighted by atomic mass is 16.5. The lowest BCUT2D eigenvalue weighted by Crippen LogP contribution is -2.13. The summed E-state index contributed by atoms with van der Waals surface area (Å²) in [4.78, 5) is 4.40. The normalized spacial score (nSPS) is 11.6. The second-order valence-electron chi connectivity index (χ2n) is 4.41. The lowest BCUT2D eigenvalue weighted by atomic mass is 10.1. The zero-order chi connectivity index (χ0) is 13.2. The number of methoxy groups -OCH3 is 1. The third kappa shape index (κ3) is 5.21. The van der Waals surface area contributed by atoms with Gasteiger partial charge in [0.2, 0.25) is 0 Å². The molecule has 18 heavy (non-hydrogen) atoms. The Hall–Kier alpha value is -1.51. The summed E-state index contributed by atoms with van der Waals surface area (Å²) >= 11 is 0. The highest BCUT2D eigenvalue weighted by Gasteiger charge is 1.98. The maximum atomic E-state index is 5.94. The summed E-state index contributed by atoms with van der Waals surface area (Å²) in [6.07, 6.45) is 6.26. The highest BCUT2D eigenvalue weighted by Crippen LogP contribution is 2.11. The van der Waals surface area contributed by atoms with Gasteiger partial charge in [0.05, 0.1) is 7.11 Å². The fourth-order valence-electron chi connectivity index (χ4n) is 1.77. The standard InChI is InChI=1S/C15H24N2O/c1-3-4-5-6-7-12-17-15(16)13-8-10-14(18-2)11-9-13/h8-11H,3-7,12H2,1-2H3,(H2,16,17). The van der Waals surface area contributed by atoms with Crippen molar-refractivity contribution in [1.82, 2.24) is 0 Å². The zero-order valence-corrected chi connectivity index (χ0v) is 11.5. The van der Waals surface area contributed by atoms with Gasteiger partial charge in [0.1, 0.15) is 11.6 Å². The Morgan fingerprint density at radius 2 is 1.78 bits per heavy atom. The summed E-state index contributed by atoms with van der Waals surface area (Å²) in [5, 5.41) is 0. The molecule has 0 aliphatic rings. The molecule has 0 amide bonds. The van der Waals surface area contributed by atoms with Gasteiger partial charge in [0.25, 0.3) is 0 Å². The third-order valence-corrected chi connectivity index (χ3v) is 2.93. The number of hydrogen-bond acceptors (Lipinski definition) is 2. The number of ether oxygens (including phenoxy) is 1. The van der Waals surface area contributed by atoms with E-state index in [2.05, 4.69) is 11.9 Å². The van der Waals surface area contributed by atoms with E-state index in [0.717, 1.165) is 24.3 Å². The zero-order valence-electron chi connectivity index (χ0n) is 11.5. The molecule has 0 aliphatic heterocycles. The molecule has 0 heterocycles. The van der Waals surface area contributed by atoms with Gasteiger partial charge in [-0.3, -0.25) is 4.99 Å². The Balaban J connectivity index is 2.35. The summed E-state index contributed by atoms with van der Waals surface area (Å²) in [5.74, 6) is 1.46. The molecule has 0 bridgehead atoms. The van der Waals surface area contributed by atoms with Crippen LogP contribution in [-0.4, -0.2) is 19.5 Å². The van der Waals surface area contributed by atoms with E-state index < -0.39 is 0 Å². The molecule has 1 aromatic carbocycles. The lowest BCUT2D eigenvalue weighted by Gasteiger charge is -2.03. The van der Waals surface area contributed by atoms with Crippen LogP contribution in [0.4, 0.5) is 0 Å². The van der Waals surface area contributed by atoms with Gasteiger partial charge in [-0.25, -0.2) is 0 Å². The third-order valence-electron chi connectivity index (χ3n) is 2.93. The summed E-state index contributed by atoms with van der Waals surface area (Å²) in [7, 11) is 1.66. The number of rotatable bonds is 8. The van der Waals surface area contributed by atoms with E-state index >= 15 is 0 Å². The maximum absolute atomic E-state index is 5.94. The van der Waals surface area contributed by atoms with Crippen molar-refractivity contribution >= 4 is 5.84 Å². The summed E-state index contributed by atoms with van der Waals surface area (Å²) < 4.78 is 5.10. The summed E-state index contributed by atoms with van der Waals surface area (Å²) in [6.45, 7) is 3.04. The molecule has 1 rings (SSSR count). The van der Waals surface area contributed by atoms with Crippen molar-refractivity contribution in [2.24, 2.45) is 10.7 Å². The van der Waals surface area contributed by atoms with E-state index in [1.807, 2.05) is 24.3 Å². The smallest absolute Gasteiger partial charge is 0.125 e. The van der Waals surface area contributed by atoms with Gasteiger partial charge in [-0.1, -0.05) is 32.6 Å². The predicted octanol–water partition coefficient (Wildman–Crippen LogP) is 3.37. The molecule has 0 saturated heterocycles. The molecular weight excluding hydrogens is 224 g/mol. The topological polar surface area (TPSA) is 47.6 Å². The SMILES string of the molecule is CCCCCCCN=C(N)c1ccc(OC)cc1. The lowest BCUT2D eigenvalue weighted by molar-refractivity contribution is 0.415. The Bertz CT molecular complexity index is 357. The molecule has 0 radical (unpaired) electrons. The number of benzene rings is 1. The molecule has 0 spiro atoms. The van der Waals surface area contributed by atoms with Crippen LogP contribution in [0.2, 0.25) is 0 Å². The average molecular weight is 248 g/mol. The van der Waals surface area contributed by atoms with E-state index in [0.29, 0.717) is 5.84 Å². The van der Waals surface area contributed by atoms with Gasteiger partial charge in [-0.2, -0.15) is 0 Å². The molecule has 0 aromatic heterocycles. The maximum Gasteiger partial charge on any atom is 0.125 e. The molecule has 1 aromatic rings. The molecule has 0 fully saturated rings. The van der Waals surface area contributed by atoms with Crippen molar-refractivity contribution in [3.05, 3.63) is 29.8 Å². The van der Waals surface area contributed by atoms with Gasteiger partial charge < -0.3 is 10.5 Å². The van der Waals surface area contributed by atoms with Gasteiger partial charge >= 0.3 is 0 Å².